The van der Waals surface area contributed by atoms with E-state index in [0.29, 0.717) is 5.69 Å². The molecule has 1 amide bonds. The number of aromatic nitrogens is 2. The quantitative estimate of drug-likeness (QED) is 0.727. The fraction of sp³-hybridized carbons (Fsp3) is 0.385. The number of carbonyl (C=O) groups is 1. The van der Waals surface area contributed by atoms with Crippen LogP contribution in [0.15, 0.2) is 24.3 Å². The van der Waals surface area contributed by atoms with Crippen LogP contribution in [0.3, 0.4) is 0 Å². The van der Waals surface area contributed by atoms with Gasteiger partial charge in [0.1, 0.15) is 5.60 Å². The predicted octanol–water partition coefficient (Wildman–Crippen LogP) is 0.0464. The average Bonchev–Trinajstić information content (AvgIpc) is 2.74. The normalized spacial score (nSPS) is 14.3. The van der Waals surface area contributed by atoms with Crippen molar-refractivity contribution >= 4 is 16.8 Å². The van der Waals surface area contributed by atoms with Crippen LogP contribution < -0.4 is 5.32 Å². The van der Waals surface area contributed by atoms with Crippen molar-refractivity contribution in [2.24, 2.45) is 7.05 Å². The first-order valence-electron chi connectivity index (χ1n) is 5.98. The second-order valence-corrected chi connectivity index (χ2v) is 4.83. The van der Waals surface area contributed by atoms with Gasteiger partial charge in [0, 0.05) is 19.0 Å². The molecular formula is C13H17N3O3. The number of hydrogen-bond acceptors (Lipinski definition) is 4. The maximum Gasteiger partial charge on any atom is 0.272 e. The molecule has 1 aromatic heterocycles. The number of para-hydroxylation sites is 1. The lowest BCUT2D eigenvalue weighted by atomic mass is 10.1. The lowest BCUT2D eigenvalue weighted by Crippen LogP contribution is -2.43. The van der Waals surface area contributed by atoms with E-state index in [1.807, 2.05) is 24.3 Å². The molecule has 6 nitrogen and oxygen atoms in total. The van der Waals surface area contributed by atoms with Crippen molar-refractivity contribution in [3.63, 3.8) is 0 Å². The molecule has 0 saturated carbocycles. The van der Waals surface area contributed by atoms with E-state index in [1.165, 1.54) is 6.92 Å². The molecule has 3 N–H and O–H groups in total. The number of aliphatic hydroxyl groups is 2. The molecule has 19 heavy (non-hydrogen) atoms. The maximum absolute atomic E-state index is 12.1. The summed E-state index contributed by atoms with van der Waals surface area (Å²) >= 11 is 0. The molecule has 0 saturated heterocycles. The molecule has 0 aliphatic heterocycles. The van der Waals surface area contributed by atoms with Gasteiger partial charge in [0.2, 0.25) is 0 Å². The third-order valence-corrected chi connectivity index (χ3v) is 2.94. The average molecular weight is 263 g/mol. The van der Waals surface area contributed by atoms with Crippen molar-refractivity contribution < 1.29 is 15.0 Å². The van der Waals surface area contributed by atoms with Gasteiger partial charge in [0.15, 0.2) is 5.69 Å². The highest BCUT2D eigenvalue weighted by atomic mass is 16.3. The first-order valence-corrected chi connectivity index (χ1v) is 5.98. The Bertz CT molecular complexity index is 604. The Kier molecular flexibility index (Phi) is 3.55. The van der Waals surface area contributed by atoms with Gasteiger partial charge in [-0.2, -0.15) is 5.10 Å². The van der Waals surface area contributed by atoms with Gasteiger partial charge < -0.3 is 15.5 Å². The Hall–Kier alpha value is -1.92. The monoisotopic (exact) mass is 263 g/mol. The molecule has 6 heteroatoms. The topological polar surface area (TPSA) is 87.4 Å². The van der Waals surface area contributed by atoms with Crippen molar-refractivity contribution in [1.82, 2.24) is 15.1 Å². The molecule has 0 aliphatic rings. The molecule has 0 bridgehead atoms. The second-order valence-electron chi connectivity index (χ2n) is 4.83. The number of aryl methyl sites for hydroxylation is 1. The summed E-state index contributed by atoms with van der Waals surface area (Å²) in [4.78, 5) is 12.1. The Morgan fingerprint density at radius 3 is 2.84 bits per heavy atom. The standard InChI is InChI=1S/C13H17N3O3/c1-13(19,8-17)7-14-12(18)11-9-5-3-4-6-10(9)16(2)15-11/h3-6,17,19H,7-8H2,1-2H3,(H,14,18). The molecule has 1 heterocycles. The van der Waals surface area contributed by atoms with E-state index in [-0.39, 0.29) is 12.5 Å². The fourth-order valence-corrected chi connectivity index (χ4v) is 1.79. The molecule has 2 aromatic rings. The number of carbonyl (C=O) groups excluding carboxylic acids is 1. The smallest absolute Gasteiger partial charge is 0.272 e. The Labute approximate surface area is 110 Å². The van der Waals surface area contributed by atoms with E-state index >= 15 is 0 Å². The van der Waals surface area contributed by atoms with E-state index < -0.39 is 12.2 Å². The van der Waals surface area contributed by atoms with Gasteiger partial charge in [-0.3, -0.25) is 9.48 Å². The lowest BCUT2D eigenvalue weighted by Gasteiger charge is -2.20. The zero-order chi connectivity index (χ0) is 14.0. The van der Waals surface area contributed by atoms with Gasteiger partial charge in [-0.15, -0.1) is 0 Å². The van der Waals surface area contributed by atoms with E-state index in [0.717, 1.165) is 10.9 Å². The first-order chi connectivity index (χ1) is 8.94. The Morgan fingerprint density at radius 2 is 2.16 bits per heavy atom. The zero-order valence-corrected chi connectivity index (χ0v) is 10.9. The van der Waals surface area contributed by atoms with Gasteiger partial charge in [-0.1, -0.05) is 18.2 Å². The molecular weight excluding hydrogens is 246 g/mol. The number of fused-ring (bicyclic) bond motifs is 1. The molecule has 102 valence electrons. The van der Waals surface area contributed by atoms with Crippen molar-refractivity contribution in [2.75, 3.05) is 13.2 Å². The van der Waals surface area contributed by atoms with Crippen molar-refractivity contribution in [2.45, 2.75) is 12.5 Å². The number of nitrogens with one attached hydrogen (secondary N) is 1. The van der Waals surface area contributed by atoms with Crippen LogP contribution in [0.2, 0.25) is 0 Å². The van der Waals surface area contributed by atoms with Crippen LogP contribution in [0.4, 0.5) is 0 Å². The summed E-state index contributed by atoms with van der Waals surface area (Å²) in [6.07, 6.45) is 0. The SMILES string of the molecule is Cn1nc(C(=O)NCC(C)(O)CO)c2ccccc21. The first kappa shape index (κ1) is 13.5. The number of aliphatic hydroxyl groups excluding tert-OH is 1. The molecule has 0 fully saturated rings. The lowest BCUT2D eigenvalue weighted by molar-refractivity contribution is 0.00317. The number of amides is 1. The highest BCUT2D eigenvalue weighted by molar-refractivity contribution is 6.04. The molecule has 0 spiro atoms. The molecule has 0 aliphatic carbocycles. The summed E-state index contributed by atoms with van der Waals surface area (Å²) in [7, 11) is 1.77. The van der Waals surface area contributed by atoms with Crippen LogP contribution in [0.1, 0.15) is 17.4 Å². The highest BCUT2D eigenvalue weighted by Gasteiger charge is 2.22. The van der Waals surface area contributed by atoms with Gasteiger partial charge in [0.05, 0.1) is 12.1 Å². The summed E-state index contributed by atoms with van der Waals surface area (Å²) in [6, 6.07) is 7.41. The van der Waals surface area contributed by atoms with Crippen molar-refractivity contribution in [3.05, 3.63) is 30.0 Å². The number of hydrogen-bond donors (Lipinski definition) is 3. The number of benzene rings is 1. The summed E-state index contributed by atoms with van der Waals surface area (Å²) in [5.41, 5.74) is -0.159. The third kappa shape index (κ3) is 2.74. The molecule has 1 unspecified atom stereocenters. The van der Waals surface area contributed by atoms with Crippen molar-refractivity contribution in [1.29, 1.82) is 0 Å². The maximum atomic E-state index is 12.1. The molecule has 0 radical (unpaired) electrons. The summed E-state index contributed by atoms with van der Waals surface area (Å²) in [5.74, 6) is -0.370. The Morgan fingerprint density at radius 1 is 1.47 bits per heavy atom. The second kappa shape index (κ2) is 4.99. The summed E-state index contributed by atoms with van der Waals surface area (Å²) in [5, 5.41) is 26.1. The molecule has 1 aromatic carbocycles. The number of nitrogens with zero attached hydrogens (tertiary/aromatic N) is 2. The Balaban J connectivity index is 2.23. The summed E-state index contributed by atoms with van der Waals surface area (Å²) in [6.45, 7) is 0.993. The minimum Gasteiger partial charge on any atom is -0.393 e. The van der Waals surface area contributed by atoms with E-state index in [9.17, 15) is 9.90 Å². The third-order valence-electron chi connectivity index (χ3n) is 2.94. The summed E-state index contributed by atoms with van der Waals surface area (Å²) < 4.78 is 1.63. The van der Waals surface area contributed by atoms with E-state index in [4.69, 9.17) is 5.11 Å². The fourth-order valence-electron chi connectivity index (χ4n) is 1.79. The van der Waals surface area contributed by atoms with Crippen LogP contribution in [-0.4, -0.2) is 44.7 Å². The van der Waals surface area contributed by atoms with Crippen molar-refractivity contribution in [3.8, 4) is 0 Å². The van der Waals surface area contributed by atoms with Crippen LogP contribution in [0.5, 0.6) is 0 Å². The van der Waals surface area contributed by atoms with Gasteiger partial charge in [-0.25, -0.2) is 0 Å². The van der Waals surface area contributed by atoms with Crippen LogP contribution in [-0.2, 0) is 7.05 Å². The van der Waals surface area contributed by atoms with E-state index in [1.54, 1.807) is 11.7 Å². The van der Waals surface area contributed by atoms with Gasteiger partial charge in [-0.05, 0) is 13.0 Å². The van der Waals surface area contributed by atoms with Crippen LogP contribution in [0.25, 0.3) is 10.9 Å². The largest absolute Gasteiger partial charge is 0.393 e. The predicted molar refractivity (Wildman–Crippen MR) is 70.8 cm³/mol. The van der Waals surface area contributed by atoms with Crippen LogP contribution >= 0.6 is 0 Å². The van der Waals surface area contributed by atoms with Crippen LogP contribution in [0, 0.1) is 0 Å². The minimum absolute atomic E-state index is 0.0345. The molecule has 1 atom stereocenters. The van der Waals surface area contributed by atoms with Gasteiger partial charge >= 0.3 is 0 Å². The number of rotatable bonds is 4. The zero-order valence-electron chi connectivity index (χ0n) is 10.9. The van der Waals surface area contributed by atoms with E-state index in [2.05, 4.69) is 10.4 Å². The minimum atomic E-state index is -1.33. The molecule has 2 rings (SSSR count). The highest BCUT2D eigenvalue weighted by Crippen LogP contribution is 2.17. The van der Waals surface area contributed by atoms with Gasteiger partial charge in [0.25, 0.3) is 5.91 Å².